The van der Waals surface area contributed by atoms with Crippen molar-refractivity contribution in [1.29, 1.82) is 0 Å². The quantitative estimate of drug-likeness (QED) is 0.0180. The number of ether oxygens (including phenoxy) is 4. The third-order valence-electron chi connectivity index (χ3n) is 16.1. The van der Waals surface area contributed by atoms with Crippen molar-refractivity contribution in [2.45, 2.75) is 104 Å². The SMILES string of the molecule is CC(C)Nc1cc(Cl)cc(COc2c(Br)cc(C(=O)NCC(=O)O)cc2Br)c1Cl.CCNc1cc(Cl)cc(COc2c(Br)cc(C(=O)NCC(=O)O)cc2Br)c1Cl.O=C(O)/C=C/c1cc(Br)c(OCc2cc(Cl)cc(NC3CCC3)c2Cl)c(Br)c1.O=C(O)CNC(=O)c1cc(Br)c(OCc2cc(Cl)cc(NC3CCC3)c2Cl)c(Br)c1. The zero-order valence-corrected chi connectivity index (χ0v) is 79.1. The Balaban J connectivity index is 0.000000212. The molecular formula is C77H69Br8Cl8N7O15. The van der Waals surface area contributed by atoms with E-state index < -0.39 is 61.2 Å². The average molecular weight is 2260 g/mol. The summed E-state index contributed by atoms with van der Waals surface area (Å²) < 4.78 is 28.2. The molecule has 3 amide bonds. The van der Waals surface area contributed by atoms with Crippen LogP contribution in [0.25, 0.3) is 6.08 Å². The Morgan fingerprint density at radius 2 is 0.678 bits per heavy atom. The van der Waals surface area contributed by atoms with E-state index in [0.29, 0.717) is 129 Å². The van der Waals surface area contributed by atoms with Crippen molar-refractivity contribution >= 4 is 291 Å². The monoisotopic (exact) mass is 2240 g/mol. The van der Waals surface area contributed by atoms with E-state index in [-0.39, 0.29) is 49.2 Å². The van der Waals surface area contributed by atoms with Crippen LogP contribution in [0.3, 0.4) is 0 Å². The van der Waals surface area contributed by atoms with E-state index in [2.05, 4.69) is 165 Å². The van der Waals surface area contributed by atoms with Crippen LogP contribution in [0.1, 0.15) is 118 Å². The van der Waals surface area contributed by atoms with Gasteiger partial charge in [-0.05, 0) is 295 Å². The molecule has 0 aliphatic heterocycles. The maximum Gasteiger partial charge on any atom is 0.328 e. The second kappa shape index (κ2) is 46.8. The molecule has 0 atom stereocenters. The first-order valence-electron chi connectivity index (χ1n) is 34.2. The zero-order valence-electron chi connectivity index (χ0n) is 60.4. The number of carbonyl (C=O) groups excluding carboxylic acids is 3. The Hall–Kier alpha value is -5.65. The predicted molar refractivity (Wildman–Crippen MR) is 483 cm³/mol. The molecule has 0 aromatic heterocycles. The summed E-state index contributed by atoms with van der Waals surface area (Å²) in [7, 11) is 0. The molecule has 22 nitrogen and oxygen atoms in total. The number of benzene rings is 8. The molecule has 10 rings (SSSR count). The minimum atomic E-state index is -1.12. The number of carboxylic acids is 4. The smallest absolute Gasteiger partial charge is 0.328 e. The third-order valence-corrected chi connectivity index (χ3v) is 23.5. The van der Waals surface area contributed by atoms with E-state index in [0.717, 1.165) is 71.2 Å². The van der Waals surface area contributed by atoms with Crippen LogP contribution in [-0.2, 0) is 45.6 Å². The lowest BCUT2D eigenvalue weighted by molar-refractivity contribution is -0.136. The largest absolute Gasteiger partial charge is 0.486 e. The van der Waals surface area contributed by atoms with Crippen molar-refractivity contribution in [3.63, 3.8) is 0 Å². The molecule has 0 heterocycles. The molecule has 38 heteroatoms. The van der Waals surface area contributed by atoms with Gasteiger partial charge in [-0.15, -0.1) is 0 Å². The molecule has 11 N–H and O–H groups in total. The Bertz CT molecular complexity index is 4880. The van der Waals surface area contributed by atoms with E-state index >= 15 is 0 Å². The zero-order chi connectivity index (χ0) is 84.7. The summed E-state index contributed by atoms with van der Waals surface area (Å²) in [6.45, 7) is 5.95. The highest BCUT2D eigenvalue weighted by Gasteiger charge is 2.25. The Morgan fingerprint density at radius 3 is 0.939 bits per heavy atom. The fraction of sp³-hybridized carbons (Fsp3) is 0.260. The van der Waals surface area contributed by atoms with E-state index in [9.17, 15) is 33.6 Å². The average Bonchev–Trinajstić information content (AvgIpc) is 0.828. The van der Waals surface area contributed by atoms with Gasteiger partial charge in [0, 0.05) is 89.8 Å². The predicted octanol–water partition coefficient (Wildman–Crippen LogP) is 24.1. The maximum absolute atomic E-state index is 12.1. The molecule has 0 bridgehead atoms. The number of amides is 3. The Labute approximate surface area is 769 Å². The second-order valence-electron chi connectivity index (χ2n) is 25.3. The van der Waals surface area contributed by atoms with Gasteiger partial charge in [-0.1, -0.05) is 92.8 Å². The van der Waals surface area contributed by atoms with Gasteiger partial charge in [-0.25, -0.2) is 4.79 Å². The van der Waals surface area contributed by atoms with E-state index in [1.807, 2.05) is 32.9 Å². The molecule has 614 valence electrons. The number of hydrogen-bond donors (Lipinski definition) is 11. The first kappa shape index (κ1) is 96.5. The van der Waals surface area contributed by atoms with E-state index in [4.69, 9.17) is 132 Å². The maximum atomic E-state index is 12.1. The van der Waals surface area contributed by atoms with Gasteiger partial charge in [0.05, 0.1) is 78.6 Å². The van der Waals surface area contributed by atoms with Gasteiger partial charge < -0.3 is 76.6 Å². The minimum Gasteiger partial charge on any atom is -0.486 e. The molecular weight excluding hydrogens is 2190 g/mol. The van der Waals surface area contributed by atoms with Gasteiger partial charge in [-0.3, -0.25) is 28.8 Å². The molecule has 2 fully saturated rings. The summed E-state index contributed by atoms with van der Waals surface area (Å²) in [6, 6.07) is 28.0. The van der Waals surface area contributed by atoms with Crippen LogP contribution in [-0.4, -0.2) is 106 Å². The third kappa shape index (κ3) is 30.2. The molecule has 0 radical (unpaired) electrons. The van der Waals surface area contributed by atoms with Crippen molar-refractivity contribution in [3.05, 3.63) is 224 Å². The molecule has 0 unspecified atom stereocenters. The van der Waals surface area contributed by atoms with Gasteiger partial charge in [0.2, 0.25) is 0 Å². The summed E-state index contributed by atoms with van der Waals surface area (Å²) in [5, 5.41) is 59.3. The van der Waals surface area contributed by atoms with Crippen LogP contribution in [0.4, 0.5) is 22.7 Å². The number of aliphatic carboxylic acids is 4. The van der Waals surface area contributed by atoms with Crippen LogP contribution in [0, 0.1) is 0 Å². The van der Waals surface area contributed by atoms with Gasteiger partial charge in [0.1, 0.15) is 69.1 Å². The second-order valence-corrected chi connectivity index (χ2v) is 35.3. The van der Waals surface area contributed by atoms with Crippen molar-refractivity contribution in [3.8, 4) is 23.0 Å². The van der Waals surface area contributed by atoms with Crippen LogP contribution < -0.4 is 56.2 Å². The molecule has 2 aliphatic carbocycles. The molecule has 8 aromatic carbocycles. The fourth-order valence-corrected chi connectivity index (χ4v) is 17.9. The minimum absolute atomic E-state index is 0.147. The van der Waals surface area contributed by atoms with Gasteiger partial charge in [-0.2, -0.15) is 0 Å². The Morgan fingerprint density at radius 1 is 0.409 bits per heavy atom. The molecule has 0 spiro atoms. The van der Waals surface area contributed by atoms with Gasteiger partial charge in [0.25, 0.3) is 17.7 Å². The molecule has 0 saturated heterocycles. The lowest BCUT2D eigenvalue weighted by atomic mass is 9.93. The highest BCUT2D eigenvalue weighted by molar-refractivity contribution is 9.12. The first-order chi connectivity index (χ1) is 54.4. The van der Waals surface area contributed by atoms with Crippen LogP contribution in [0.5, 0.6) is 23.0 Å². The summed E-state index contributed by atoms with van der Waals surface area (Å²) in [5.41, 5.74) is 7.53. The number of halogens is 16. The van der Waals surface area contributed by atoms with Crippen molar-refractivity contribution < 1.29 is 72.9 Å². The van der Waals surface area contributed by atoms with Crippen LogP contribution in [0.15, 0.2) is 139 Å². The normalized spacial score (nSPS) is 12.2. The van der Waals surface area contributed by atoms with Gasteiger partial charge >= 0.3 is 23.9 Å². The summed E-state index contributed by atoms with van der Waals surface area (Å²) in [6.07, 6.45) is 9.52. The van der Waals surface area contributed by atoms with Crippen molar-refractivity contribution in [1.82, 2.24) is 16.0 Å². The summed E-state index contributed by atoms with van der Waals surface area (Å²) in [4.78, 5) is 78.7. The van der Waals surface area contributed by atoms with Crippen molar-refractivity contribution in [2.75, 3.05) is 47.4 Å². The number of carboxylic acid groups (broad SMARTS) is 4. The molecule has 8 aromatic rings. The molecule has 115 heavy (non-hydrogen) atoms. The molecule has 2 saturated carbocycles. The highest BCUT2D eigenvalue weighted by Crippen LogP contribution is 2.44. The van der Waals surface area contributed by atoms with Crippen LogP contribution >= 0.6 is 220 Å². The topological polar surface area (TPSA) is 322 Å². The van der Waals surface area contributed by atoms with E-state index in [1.54, 1.807) is 84.9 Å². The standard InChI is InChI=1S/C20H18Br2Cl2N2O4.C20H17Br2Cl2NO3.C19H18Br2Cl2N2O4.C18H16Br2Cl2N2O4/c21-14-5-10(20(29)25-8-17(27)28)6-15(22)19(14)30-9-11-4-12(23)7-16(18(11)24)26-13-2-1-3-13;21-15-6-11(4-5-18(26)27)7-16(22)20(15)28-10-12-8-13(23)9-17(19(12)24)25-14-2-1-3-14;1-9(2)25-15-6-12(22)3-11(17(15)23)8-29-18-13(20)4-10(5-14(18)21)19(28)24-7-16(26)27;1-2-23-14-6-11(21)3-10(16(14)22)8-28-17-12(19)4-9(5-13(17)20)18(27)24-7-15(25)26/h4-7,13,26H,1-3,8-9H2,(H,25,29)(H,27,28);4-9,14,25H,1-3,10H2,(H,26,27);3-6,9,25H,7-8H2,1-2H3,(H,24,28)(H,26,27);3-6,23H,2,7-8H2,1H3,(H,24,27)(H,25,26)/b;5-4+;;. The number of hydrogen-bond acceptors (Lipinski definition) is 15. The van der Waals surface area contributed by atoms with E-state index in [1.165, 1.54) is 18.9 Å². The lowest BCUT2D eigenvalue weighted by Crippen LogP contribution is -2.29. The molecule has 2 aliphatic rings. The van der Waals surface area contributed by atoms with Crippen LogP contribution in [0.2, 0.25) is 40.2 Å². The number of nitrogens with one attached hydrogen (secondary N) is 7. The Kier molecular flexibility index (Phi) is 39.3. The summed E-state index contributed by atoms with van der Waals surface area (Å²) >= 11 is 78.1. The highest BCUT2D eigenvalue weighted by atomic mass is 79.9. The van der Waals surface area contributed by atoms with Gasteiger partial charge in [0.15, 0.2) is 0 Å². The number of anilines is 4. The number of rotatable bonds is 31. The van der Waals surface area contributed by atoms with Crippen molar-refractivity contribution in [2.24, 2.45) is 0 Å². The fourth-order valence-electron chi connectivity index (χ4n) is 10.3. The first-order valence-corrected chi connectivity index (χ1v) is 43.6. The lowest BCUT2D eigenvalue weighted by Gasteiger charge is -2.28. The summed E-state index contributed by atoms with van der Waals surface area (Å²) in [5.74, 6) is -3.89. The number of carbonyl (C=O) groups is 7.